The van der Waals surface area contributed by atoms with Crippen LogP contribution < -0.4 is 15.5 Å². The van der Waals surface area contributed by atoms with E-state index in [0.717, 1.165) is 42.7 Å². The SMILES string of the molecule is CCNC(=NCC(C)CO)NC1CCN(c2cccc(Cl)c2)C1. The van der Waals surface area contributed by atoms with Crippen LogP contribution in [0.3, 0.4) is 0 Å². The predicted octanol–water partition coefficient (Wildman–Crippen LogP) is 2.10. The standard InChI is InChI=1S/C17H27ClN4O/c1-3-19-17(20-10-13(2)12-23)21-15-7-8-22(11-15)16-6-4-5-14(18)9-16/h4-6,9,13,15,23H,3,7-8,10-12H2,1-2H3,(H2,19,20,21). The third-order valence-corrected chi connectivity index (χ3v) is 4.15. The van der Waals surface area contributed by atoms with Crippen molar-refractivity contribution in [2.45, 2.75) is 26.3 Å². The Hall–Kier alpha value is -1.46. The largest absolute Gasteiger partial charge is 0.396 e. The molecule has 0 aliphatic carbocycles. The average Bonchev–Trinajstić information content (AvgIpc) is 3.01. The molecule has 1 aliphatic heterocycles. The Bertz CT molecular complexity index is 523. The maximum Gasteiger partial charge on any atom is 0.191 e. The monoisotopic (exact) mass is 338 g/mol. The van der Waals surface area contributed by atoms with E-state index in [2.05, 4.69) is 33.5 Å². The second kappa shape index (κ2) is 8.99. The van der Waals surface area contributed by atoms with Crippen molar-refractivity contribution in [3.8, 4) is 0 Å². The lowest BCUT2D eigenvalue weighted by atomic mass is 10.2. The van der Waals surface area contributed by atoms with E-state index in [1.54, 1.807) is 0 Å². The maximum atomic E-state index is 9.12. The molecule has 6 heteroatoms. The van der Waals surface area contributed by atoms with Crippen LogP contribution in [0.4, 0.5) is 5.69 Å². The molecule has 0 saturated carbocycles. The molecule has 0 aromatic heterocycles. The molecule has 5 nitrogen and oxygen atoms in total. The number of aliphatic imine (C=N–C) groups is 1. The Kier molecular flexibility index (Phi) is 6.99. The lowest BCUT2D eigenvalue weighted by Crippen LogP contribution is -2.44. The van der Waals surface area contributed by atoms with Gasteiger partial charge in [0.05, 0.1) is 0 Å². The first-order valence-corrected chi connectivity index (χ1v) is 8.66. The van der Waals surface area contributed by atoms with Crippen molar-refractivity contribution in [3.05, 3.63) is 29.3 Å². The predicted molar refractivity (Wildman–Crippen MR) is 97.4 cm³/mol. The van der Waals surface area contributed by atoms with E-state index >= 15 is 0 Å². The van der Waals surface area contributed by atoms with Crippen LogP contribution in [-0.4, -0.2) is 49.9 Å². The quantitative estimate of drug-likeness (QED) is 0.549. The molecular weight excluding hydrogens is 312 g/mol. The highest BCUT2D eigenvalue weighted by atomic mass is 35.5. The summed E-state index contributed by atoms with van der Waals surface area (Å²) in [6.07, 6.45) is 1.06. The molecule has 0 bridgehead atoms. The molecule has 0 amide bonds. The number of anilines is 1. The lowest BCUT2D eigenvalue weighted by Gasteiger charge is -2.20. The van der Waals surface area contributed by atoms with Crippen LogP contribution in [0.1, 0.15) is 20.3 Å². The van der Waals surface area contributed by atoms with Gasteiger partial charge in [0.2, 0.25) is 0 Å². The number of benzene rings is 1. The van der Waals surface area contributed by atoms with Crippen LogP contribution in [0.5, 0.6) is 0 Å². The number of hydrogen-bond donors (Lipinski definition) is 3. The van der Waals surface area contributed by atoms with Gasteiger partial charge in [-0.15, -0.1) is 0 Å². The lowest BCUT2D eigenvalue weighted by molar-refractivity contribution is 0.241. The summed E-state index contributed by atoms with van der Waals surface area (Å²) < 4.78 is 0. The molecule has 0 spiro atoms. The van der Waals surface area contributed by atoms with E-state index in [9.17, 15) is 0 Å². The third-order valence-electron chi connectivity index (χ3n) is 3.92. The molecule has 1 heterocycles. The Morgan fingerprint density at radius 2 is 2.35 bits per heavy atom. The zero-order chi connectivity index (χ0) is 16.7. The summed E-state index contributed by atoms with van der Waals surface area (Å²) >= 11 is 6.08. The second-order valence-electron chi connectivity index (χ2n) is 6.06. The fraction of sp³-hybridized carbons (Fsp3) is 0.588. The number of nitrogens with one attached hydrogen (secondary N) is 2. The van der Waals surface area contributed by atoms with Gasteiger partial charge in [-0.3, -0.25) is 4.99 Å². The molecule has 1 aromatic carbocycles. The average molecular weight is 339 g/mol. The minimum atomic E-state index is 0.162. The van der Waals surface area contributed by atoms with E-state index < -0.39 is 0 Å². The highest BCUT2D eigenvalue weighted by molar-refractivity contribution is 6.30. The van der Waals surface area contributed by atoms with E-state index in [-0.39, 0.29) is 12.5 Å². The van der Waals surface area contributed by atoms with Crippen molar-refractivity contribution in [1.82, 2.24) is 10.6 Å². The van der Waals surface area contributed by atoms with Gasteiger partial charge in [-0.05, 0) is 37.5 Å². The van der Waals surface area contributed by atoms with Crippen molar-refractivity contribution in [3.63, 3.8) is 0 Å². The molecule has 1 aromatic rings. The fourth-order valence-corrected chi connectivity index (χ4v) is 2.79. The Morgan fingerprint density at radius 1 is 1.52 bits per heavy atom. The van der Waals surface area contributed by atoms with E-state index in [4.69, 9.17) is 16.7 Å². The number of aliphatic hydroxyl groups is 1. The summed E-state index contributed by atoms with van der Waals surface area (Å²) in [5, 5.41) is 16.7. The first-order valence-electron chi connectivity index (χ1n) is 8.28. The van der Waals surface area contributed by atoms with Crippen LogP contribution in [0, 0.1) is 5.92 Å². The van der Waals surface area contributed by atoms with Gasteiger partial charge in [-0.1, -0.05) is 24.6 Å². The Morgan fingerprint density at radius 3 is 3.04 bits per heavy atom. The zero-order valence-corrected chi connectivity index (χ0v) is 14.7. The van der Waals surface area contributed by atoms with Gasteiger partial charge in [0.1, 0.15) is 0 Å². The first kappa shape index (κ1) is 17.9. The highest BCUT2D eigenvalue weighted by Crippen LogP contribution is 2.23. The molecule has 0 radical (unpaired) electrons. The maximum absolute atomic E-state index is 9.12. The molecule has 23 heavy (non-hydrogen) atoms. The normalized spacial score (nSPS) is 19.7. The summed E-state index contributed by atoms with van der Waals surface area (Å²) in [5.74, 6) is 1.00. The second-order valence-corrected chi connectivity index (χ2v) is 6.50. The van der Waals surface area contributed by atoms with Gasteiger partial charge in [0.15, 0.2) is 5.96 Å². The van der Waals surface area contributed by atoms with Gasteiger partial charge in [-0.25, -0.2) is 0 Å². The van der Waals surface area contributed by atoms with Gasteiger partial charge < -0.3 is 20.6 Å². The minimum Gasteiger partial charge on any atom is -0.396 e. The van der Waals surface area contributed by atoms with Crippen molar-refractivity contribution < 1.29 is 5.11 Å². The van der Waals surface area contributed by atoms with Gasteiger partial charge >= 0.3 is 0 Å². The fourth-order valence-electron chi connectivity index (χ4n) is 2.60. The summed E-state index contributed by atoms with van der Waals surface area (Å²) in [5.41, 5.74) is 1.16. The Balaban J connectivity index is 1.92. The number of guanidine groups is 1. The van der Waals surface area contributed by atoms with Crippen LogP contribution in [-0.2, 0) is 0 Å². The minimum absolute atomic E-state index is 0.162. The molecule has 2 rings (SSSR count). The zero-order valence-electron chi connectivity index (χ0n) is 13.9. The molecule has 3 N–H and O–H groups in total. The van der Waals surface area contributed by atoms with Crippen LogP contribution in [0.25, 0.3) is 0 Å². The molecular formula is C17H27ClN4O. The number of rotatable bonds is 6. The number of nitrogens with zero attached hydrogens (tertiary/aromatic N) is 2. The topological polar surface area (TPSA) is 59.9 Å². The first-order chi connectivity index (χ1) is 11.1. The van der Waals surface area contributed by atoms with Crippen molar-refractivity contribution >= 4 is 23.2 Å². The molecule has 1 fully saturated rings. The molecule has 2 atom stereocenters. The molecule has 1 aliphatic rings. The number of hydrogen-bond acceptors (Lipinski definition) is 3. The summed E-state index contributed by atoms with van der Waals surface area (Å²) in [4.78, 5) is 6.89. The van der Waals surface area contributed by atoms with E-state index in [1.807, 2.05) is 25.1 Å². The van der Waals surface area contributed by atoms with E-state index in [0.29, 0.717) is 12.6 Å². The molecule has 2 unspecified atom stereocenters. The third kappa shape index (κ3) is 5.59. The van der Waals surface area contributed by atoms with Gasteiger partial charge in [0, 0.05) is 49.5 Å². The molecule has 128 valence electrons. The summed E-state index contributed by atoms with van der Waals surface area (Å²) in [7, 11) is 0. The highest BCUT2D eigenvalue weighted by Gasteiger charge is 2.23. The van der Waals surface area contributed by atoms with Crippen LogP contribution in [0.2, 0.25) is 5.02 Å². The van der Waals surface area contributed by atoms with Crippen LogP contribution in [0.15, 0.2) is 29.3 Å². The van der Waals surface area contributed by atoms with Crippen molar-refractivity contribution in [2.75, 3.05) is 37.7 Å². The smallest absolute Gasteiger partial charge is 0.191 e. The number of aliphatic hydroxyl groups excluding tert-OH is 1. The van der Waals surface area contributed by atoms with Gasteiger partial charge in [-0.2, -0.15) is 0 Å². The Labute approximate surface area is 143 Å². The van der Waals surface area contributed by atoms with E-state index in [1.165, 1.54) is 0 Å². The van der Waals surface area contributed by atoms with Crippen molar-refractivity contribution in [1.29, 1.82) is 0 Å². The van der Waals surface area contributed by atoms with Gasteiger partial charge in [0.25, 0.3) is 0 Å². The number of halogens is 1. The summed E-state index contributed by atoms with van der Waals surface area (Å²) in [6.45, 7) is 7.59. The summed E-state index contributed by atoms with van der Waals surface area (Å²) in [6, 6.07) is 8.34. The molecule has 1 saturated heterocycles. The van der Waals surface area contributed by atoms with Crippen LogP contribution >= 0.6 is 11.6 Å². The van der Waals surface area contributed by atoms with Crippen molar-refractivity contribution in [2.24, 2.45) is 10.9 Å².